The fraction of sp³-hybridized carbons (Fsp3) is 0.529. The summed E-state index contributed by atoms with van der Waals surface area (Å²) in [5.41, 5.74) is 2.40. The van der Waals surface area contributed by atoms with Crippen LogP contribution in [0.25, 0.3) is 0 Å². The highest BCUT2D eigenvalue weighted by atomic mass is 16.2. The zero-order valence-electron chi connectivity index (χ0n) is 13.5. The van der Waals surface area contributed by atoms with Gasteiger partial charge in [-0.2, -0.15) is 0 Å². The number of benzene rings is 1. The molecule has 0 aromatic heterocycles. The molecule has 0 spiro atoms. The number of anilines is 1. The van der Waals surface area contributed by atoms with E-state index in [1.165, 1.54) is 11.3 Å². The van der Waals surface area contributed by atoms with Crippen molar-refractivity contribution >= 4 is 18.0 Å². The average molecular weight is 303 g/mol. The Morgan fingerprint density at radius 1 is 1.27 bits per heavy atom. The fourth-order valence-corrected chi connectivity index (χ4v) is 2.76. The van der Waals surface area contributed by atoms with Crippen LogP contribution in [0.5, 0.6) is 0 Å². The number of amides is 2. The number of nitrogens with zero attached hydrogens (tertiary/aromatic N) is 3. The summed E-state index contributed by atoms with van der Waals surface area (Å²) in [6, 6.07) is 8.36. The Morgan fingerprint density at radius 3 is 2.59 bits per heavy atom. The van der Waals surface area contributed by atoms with E-state index in [1.807, 2.05) is 11.0 Å². The second kappa shape index (κ2) is 7.82. The highest BCUT2D eigenvalue weighted by Gasteiger charge is 2.20. The van der Waals surface area contributed by atoms with Crippen LogP contribution < -0.4 is 4.90 Å². The number of carbonyl (C=O) groups excluding carboxylic acids is 2. The molecule has 1 saturated heterocycles. The molecule has 5 heteroatoms. The first kappa shape index (κ1) is 16.3. The predicted octanol–water partition coefficient (Wildman–Crippen LogP) is 1.51. The summed E-state index contributed by atoms with van der Waals surface area (Å²) in [7, 11) is 0. The third-order valence-electron chi connectivity index (χ3n) is 4.16. The summed E-state index contributed by atoms with van der Waals surface area (Å²) in [5, 5.41) is 0. The molecule has 0 atom stereocenters. The van der Waals surface area contributed by atoms with Gasteiger partial charge in [-0.05, 0) is 31.5 Å². The average Bonchev–Trinajstić information content (AvgIpc) is 2.55. The maximum Gasteiger partial charge on any atom is 0.224 e. The van der Waals surface area contributed by atoms with Crippen molar-refractivity contribution in [3.05, 3.63) is 29.8 Å². The molecule has 1 aromatic rings. The summed E-state index contributed by atoms with van der Waals surface area (Å²) in [6.45, 7) is 8.38. The van der Waals surface area contributed by atoms with Crippen LogP contribution in [-0.2, 0) is 9.59 Å². The highest BCUT2D eigenvalue weighted by molar-refractivity contribution is 5.77. The van der Waals surface area contributed by atoms with Crippen LogP contribution in [0.1, 0.15) is 18.9 Å². The number of aryl methyl sites for hydroxylation is 1. The first-order valence-corrected chi connectivity index (χ1v) is 7.92. The minimum atomic E-state index is 0.177. The van der Waals surface area contributed by atoms with Crippen LogP contribution in [-0.4, -0.2) is 61.4 Å². The first-order valence-electron chi connectivity index (χ1n) is 7.92. The number of hydrogen-bond donors (Lipinski definition) is 0. The van der Waals surface area contributed by atoms with E-state index >= 15 is 0 Å². The lowest BCUT2D eigenvalue weighted by Gasteiger charge is -2.33. The van der Waals surface area contributed by atoms with Crippen molar-refractivity contribution in [3.63, 3.8) is 0 Å². The molecule has 22 heavy (non-hydrogen) atoms. The molecule has 0 N–H and O–H groups in total. The standard InChI is InChI=1S/C17H25N3O2/c1-3-19(16-6-4-5-15(2)13-16)8-7-17(22)20-11-9-18(14-21)10-12-20/h4-6,13-14H,3,7-12H2,1-2H3. The summed E-state index contributed by atoms with van der Waals surface area (Å²) in [5.74, 6) is 0.177. The quantitative estimate of drug-likeness (QED) is 0.748. The predicted molar refractivity (Wildman–Crippen MR) is 87.9 cm³/mol. The minimum Gasteiger partial charge on any atom is -0.371 e. The van der Waals surface area contributed by atoms with Crippen LogP contribution in [0.15, 0.2) is 24.3 Å². The SMILES string of the molecule is CCN(CCC(=O)N1CCN(C=O)CC1)c1cccc(C)c1. The first-order chi connectivity index (χ1) is 10.6. The lowest BCUT2D eigenvalue weighted by molar-refractivity contribution is -0.134. The summed E-state index contributed by atoms with van der Waals surface area (Å²) in [6.07, 6.45) is 1.38. The van der Waals surface area contributed by atoms with Crippen LogP contribution >= 0.6 is 0 Å². The minimum absolute atomic E-state index is 0.177. The Hall–Kier alpha value is -2.04. The zero-order chi connectivity index (χ0) is 15.9. The van der Waals surface area contributed by atoms with E-state index in [1.54, 1.807) is 4.90 Å². The third kappa shape index (κ3) is 4.23. The van der Waals surface area contributed by atoms with E-state index < -0.39 is 0 Å². The topological polar surface area (TPSA) is 43.9 Å². The number of rotatable bonds is 6. The number of hydrogen-bond acceptors (Lipinski definition) is 3. The molecule has 0 unspecified atom stereocenters. The Balaban J connectivity index is 1.85. The lowest BCUT2D eigenvalue weighted by atomic mass is 10.2. The molecule has 1 aromatic carbocycles. The normalized spacial score (nSPS) is 14.8. The van der Waals surface area contributed by atoms with Gasteiger partial charge in [0.1, 0.15) is 0 Å². The Kier molecular flexibility index (Phi) is 5.81. The van der Waals surface area contributed by atoms with Gasteiger partial charge in [-0.3, -0.25) is 9.59 Å². The molecule has 5 nitrogen and oxygen atoms in total. The van der Waals surface area contributed by atoms with E-state index in [2.05, 4.69) is 36.9 Å². The van der Waals surface area contributed by atoms with Crippen LogP contribution in [0.3, 0.4) is 0 Å². The molecule has 0 saturated carbocycles. The lowest BCUT2D eigenvalue weighted by Crippen LogP contribution is -2.48. The monoisotopic (exact) mass is 303 g/mol. The van der Waals surface area contributed by atoms with Crippen molar-refractivity contribution in [3.8, 4) is 0 Å². The number of piperazine rings is 1. The molecule has 0 bridgehead atoms. The molecule has 120 valence electrons. The van der Waals surface area contributed by atoms with Crippen molar-refractivity contribution < 1.29 is 9.59 Å². The maximum atomic E-state index is 12.3. The summed E-state index contributed by atoms with van der Waals surface area (Å²) in [4.78, 5) is 28.8. The van der Waals surface area contributed by atoms with Crippen molar-refractivity contribution in [2.24, 2.45) is 0 Å². The van der Waals surface area contributed by atoms with Gasteiger partial charge in [0.25, 0.3) is 0 Å². The molecule has 1 heterocycles. The smallest absolute Gasteiger partial charge is 0.224 e. The molecule has 2 amide bonds. The van der Waals surface area contributed by atoms with Crippen LogP contribution in [0.2, 0.25) is 0 Å². The maximum absolute atomic E-state index is 12.3. The van der Waals surface area contributed by atoms with Crippen LogP contribution in [0.4, 0.5) is 5.69 Å². The van der Waals surface area contributed by atoms with Gasteiger partial charge >= 0.3 is 0 Å². The molecular formula is C17H25N3O2. The molecule has 2 rings (SSSR count). The summed E-state index contributed by atoms with van der Waals surface area (Å²) >= 11 is 0. The van der Waals surface area contributed by atoms with Gasteiger partial charge < -0.3 is 14.7 Å². The molecule has 1 aliphatic heterocycles. The van der Waals surface area contributed by atoms with Crippen molar-refractivity contribution in [2.45, 2.75) is 20.3 Å². The largest absolute Gasteiger partial charge is 0.371 e. The molecule has 1 aliphatic rings. The van der Waals surface area contributed by atoms with Gasteiger partial charge in [-0.1, -0.05) is 12.1 Å². The highest BCUT2D eigenvalue weighted by Crippen LogP contribution is 2.16. The van der Waals surface area contributed by atoms with E-state index in [4.69, 9.17) is 0 Å². The van der Waals surface area contributed by atoms with Crippen molar-refractivity contribution in [2.75, 3.05) is 44.2 Å². The Morgan fingerprint density at radius 2 is 2.00 bits per heavy atom. The van der Waals surface area contributed by atoms with E-state index in [0.717, 1.165) is 19.5 Å². The fourth-order valence-electron chi connectivity index (χ4n) is 2.76. The Bertz CT molecular complexity index is 510. The molecule has 0 aliphatic carbocycles. The molecule has 1 fully saturated rings. The zero-order valence-corrected chi connectivity index (χ0v) is 13.5. The van der Waals surface area contributed by atoms with Gasteiger partial charge in [0.2, 0.25) is 12.3 Å². The second-order valence-corrected chi connectivity index (χ2v) is 5.69. The van der Waals surface area contributed by atoms with E-state index in [9.17, 15) is 9.59 Å². The Labute approximate surface area is 132 Å². The van der Waals surface area contributed by atoms with Gasteiger partial charge in [0.05, 0.1) is 0 Å². The number of carbonyl (C=O) groups is 2. The van der Waals surface area contributed by atoms with E-state index in [0.29, 0.717) is 32.6 Å². The van der Waals surface area contributed by atoms with Gasteiger partial charge in [0.15, 0.2) is 0 Å². The molecule has 0 radical (unpaired) electrons. The van der Waals surface area contributed by atoms with Crippen molar-refractivity contribution in [1.29, 1.82) is 0 Å². The van der Waals surface area contributed by atoms with Gasteiger partial charge in [0, 0.05) is 51.4 Å². The van der Waals surface area contributed by atoms with Gasteiger partial charge in [-0.15, -0.1) is 0 Å². The van der Waals surface area contributed by atoms with E-state index in [-0.39, 0.29) is 5.91 Å². The van der Waals surface area contributed by atoms with Crippen molar-refractivity contribution in [1.82, 2.24) is 9.80 Å². The second-order valence-electron chi connectivity index (χ2n) is 5.69. The van der Waals surface area contributed by atoms with Gasteiger partial charge in [-0.25, -0.2) is 0 Å². The van der Waals surface area contributed by atoms with Crippen LogP contribution in [0, 0.1) is 6.92 Å². The molecular weight excluding hydrogens is 278 g/mol. The third-order valence-corrected chi connectivity index (χ3v) is 4.16. The summed E-state index contributed by atoms with van der Waals surface area (Å²) < 4.78 is 0.